The lowest BCUT2D eigenvalue weighted by atomic mass is 9.76. The highest BCUT2D eigenvalue weighted by Crippen LogP contribution is 2.38. The number of Topliss-reactive ketones (excluding diaryl/α,β-unsaturated/α-hetero) is 1. The first-order chi connectivity index (χ1) is 14.2. The van der Waals surface area contributed by atoms with Gasteiger partial charge in [0.25, 0.3) is 0 Å². The molecule has 29 heavy (non-hydrogen) atoms. The zero-order chi connectivity index (χ0) is 20.2. The van der Waals surface area contributed by atoms with Crippen LogP contribution >= 0.6 is 0 Å². The molecule has 2 saturated heterocycles. The molecule has 6 nitrogen and oxygen atoms in total. The molecule has 0 aliphatic carbocycles. The maximum absolute atomic E-state index is 13.0. The second kappa shape index (κ2) is 8.44. The summed E-state index contributed by atoms with van der Waals surface area (Å²) in [5, 5.41) is 9.03. The highest BCUT2D eigenvalue weighted by molar-refractivity contribution is 5.96. The van der Waals surface area contributed by atoms with E-state index in [2.05, 4.69) is 4.98 Å². The van der Waals surface area contributed by atoms with Gasteiger partial charge in [-0.15, -0.1) is 0 Å². The van der Waals surface area contributed by atoms with E-state index in [0.29, 0.717) is 18.5 Å². The molecule has 6 heteroatoms. The summed E-state index contributed by atoms with van der Waals surface area (Å²) in [5.41, 5.74) is 1.55. The van der Waals surface area contributed by atoms with Crippen molar-refractivity contribution in [3.8, 4) is 6.07 Å². The van der Waals surface area contributed by atoms with Gasteiger partial charge in [-0.25, -0.2) is 9.78 Å². The van der Waals surface area contributed by atoms with Gasteiger partial charge in [-0.2, -0.15) is 5.26 Å². The topological polar surface area (TPSA) is 83.3 Å². The molecule has 0 saturated carbocycles. The van der Waals surface area contributed by atoms with Gasteiger partial charge in [0.05, 0.1) is 0 Å². The Morgan fingerprint density at radius 1 is 1.07 bits per heavy atom. The Balaban J connectivity index is 1.44. The molecule has 0 spiro atoms. The van der Waals surface area contributed by atoms with Gasteiger partial charge in [-0.1, -0.05) is 36.4 Å². The third-order valence-corrected chi connectivity index (χ3v) is 5.88. The molecule has 2 bridgehead atoms. The number of amides is 1. The minimum absolute atomic E-state index is 0.0128. The van der Waals surface area contributed by atoms with Gasteiger partial charge in [0.15, 0.2) is 5.78 Å². The minimum Gasteiger partial charge on any atom is -0.445 e. The lowest BCUT2D eigenvalue weighted by Gasteiger charge is -2.47. The van der Waals surface area contributed by atoms with E-state index in [1.165, 1.54) is 0 Å². The molecule has 148 valence electrons. The van der Waals surface area contributed by atoms with Crippen molar-refractivity contribution in [1.29, 1.82) is 5.26 Å². The summed E-state index contributed by atoms with van der Waals surface area (Å²) < 4.78 is 5.57. The van der Waals surface area contributed by atoms with Crippen LogP contribution in [-0.2, 0) is 11.3 Å². The molecule has 0 N–H and O–H groups in total. The number of nitriles is 1. The predicted molar refractivity (Wildman–Crippen MR) is 106 cm³/mol. The smallest absolute Gasteiger partial charge is 0.410 e. The van der Waals surface area contributed by atoms with Crippen molar-refractivity contribution in [2.24, 2.45) is 5.92 Å². The molecule has 2 aliphatic rings. The number of ketones is 1. The number of hydrogen-bond acceptors (Lipinski definition) is 5. The van der Waals surface area contributed by atoms with E-state index in [4.69, 9.17) is 10.00 Å². The van der Waals surface area contributed by atoms with Crippen LogP contribution in [0.3, 0.4) is 0 Å². The Morgan fingerprint density at radius 2 is 1.79 bits per heavy atom. The van der Waals surface area contributed by atoms with Gasteiger partial charge in [0.1, 0.15) is 24.1 Å². The van der Waals surface area contributed by atoms with Crippen molar-refractivity contribution < 1.29 is 14.3 Å². The van der Waals surface area contributed by atoms with Crippen LogP contribution in [0, 0.1) is 17.2 Å². The Morgan fingerprint density at radius 3 is 2.48 bits per heavy atom. The third kappa shape index (κ3) is 4.14. The summed E-state index contributed by atoms with van der Waals surface area (Å²) in [6, 6.07) is 16.6. The third-order valence-electron chi connectivity index (χ3n) is 5.88. The van der Waals surface area contributed by atoms with Crippen LogP contribution in [0.4, 0.5) is 4.79 Å². The summed E-state index contributed by atoms with van der Waals surface area (Å²) in [4.78, 5) is 31.8. The molecular formula is C23H23N3O3. The van der Waals surface area contributed by atoms with Crippen LogP contribution in [0.5, 0.6) is 0 Å². The van der Waals surface area contributed by atoms with E-state index in [0.717, 1.165) is 24.8 Å². The lowest BCUT2D eigenvalue weighted by molar-refractivity contribution is 0.00463. The molecule has 2 unspecified atom stereocenters. The highest BCUT2D eigenvalue weighted by Gasteiger charge is 2.44. The van der Waals surface area contributed by atoms with Crippen LogP contribution in [-0.4, -0.2) is 33.8 Å². The maximum Gasteiger partial charge on any atom is 0.410 e. The standard InChI is InChI=1S/C23H23N3O3/c24-14-18-8-4-11-21(25-18)22(27)17-12-19-9-5-10-20(13-17)26(19)23(28)29-15-16-6-2-1-3-7-16/h1-4,6-8,11,17,19-20H,5,9-10,12-13,15H2. The quantitative estimate of drug-likeness (QED) is 0.735. The van der Waals surface area contributed by atoms with E-state index in [-0.39, 0.29) is 42.2 Å². The Kier molecular flexibility index (Phi) is 5.57. The number of benzene rings is 1. The number of nitrogens with zero attached hydrogens (tertiary/aromatic N) is 3. The Labute approximate surface area is 170 Å². The fourth-order valence-corrected chi connectivity index (χ4v) is 4.53. The van der Waals surface area contributed by atoms with E-state index in [1.807, 2.05) is 41.3 Å². The number of carbonyl (C=O) groups is 2. The first kappa shape index (κ1) is 19.1. The van der Waals surface area contributed by atoms with E-state index in [9.17, 15) is 9.59 Å². The first-order valence-corrected chi connectivity index (χ1v) is 10.1. The first-order valence-electron chi connectivity index (χ1n) is 10.1. The monoisotopic (exact) mass is 389 g/mol. The van der Waals surface area contributed by atoms with Gasteiger partial charge in [0, 0.05) is 18.0 Å². The number of piperidine rings is 2. The summed E-state index contributed by atoms with van der Waals surface area (Å²) in [6.45, 7) is 0.253. The van der Waals surface area contributed by atoms with Gasteiger partial charge in [-0.3, -0.25) is 4.79 Å². The van der Waals surface area contributed by atoms with Crippen LogP contribution in [0.25, 0.3) is 0 Å². The van der Waals surface area contributed by atoms with Crippen molar-refractivity contribution in [3.05, 3.63) is 65.5 Å². The molecular weight excluding hydrogens is 366 g/mol. The van der Waals surface area contributed by atoms with Crippen molar-refractivity contribution in [1.82, 2.24) is 9.88 Å². The maximum atomic E-state index is 13.0. The second-order valence-electron chi connectivity index (χ2n) is 7.74. The van der Waals surface area contributed by atoms with E-state index < -0.39 is 0 Å². The van der Waals surface area contributed by atoms with Gasteiger partial charge < -0.3 is 9.64 Å². The number of rotatable bonds is 4. The average Bonchev–Trinajstić information content (AvgIpc) is 2.76. The predicted octanol–water partition coefficient (Wildman–Crippen LogP) is 4.11. The number of pyridine rings is 1. The summed E-state index contributed by atoms with van der Waals surface area (Å²) in [7, 11) is 0. The molecule has 0 radical (unpaired) electrons. The molecule has 1 aromatic heterocycles. The number of aromatic nitrogens is 1. The number of ether oxygens (including phenoxy) is 1. The SMILES string of the molecule is N#Cc1cccc(C(=O)C2CC3CCCC(C2)N3C(=O)OCc2ccccc2)n1. The zero-order valence-electron chi connectivity index (χ0n) is 16.2. The van der Waals surface area contributed by atoms with Crippen LogP contribution < -0.4 is 0 Å². The van der Waals surface area contributed by atoms with Gasteiger partial charge in [-0.05, 0) is 49.8 Å². The van der Waals surface area contributed by atoms with Crippen molar-refractivity contribution in [2.75, 3.05) is 0 Å². The van der Waals surface area contributed by atoms with Gasteiger partial charge >= 0.3 is 6.09 Å². The largest absolute Gasteiger partial charge is 0.445 e. The summed E-state index contributed by atoms with van der Waals surface area (Å²) >= 11 is 0. The molecule has 1 amide bonds. The molecule has 4 rings (SSSR count). The molecule has 3 heterocycles. The van der Waals surface area contributed by atoms with E-state index in [1.54, 1.807) is 18.2 Å². The fourth-order valence-electron chi connectivity index (χ4n) is 4.53. The molecule has 2 fully saturated rings. The average molecular weight is 389 g/mol. The lowest BCUT2D eigenvalue weighted by Crippen LogP contribution is -2.55. The normalized spacial score (nSPS) is 23.1. The van der Waals surface area contributed by atoms with Crippen LogP contribution in [0.1, 0.15) is 53.8 Å². The summed E-state index contributed by atoms with van der Waals surface area (Å²) in [6.07, 6.45) is 3.77. The zero-order valence-corrected chi connectivity index (χ0v) is 16.2. The molecule has 2 aromatic rings. The number of carbonyl (C=O) groups excluding carboxylic acids is 2. The molecule has 1 aromatic carbocycles. The van der Waals surface area contributed by atoms with Crippen molar-refractivity contribution in [2.45, 2.75) is 50.8 Å². The Hall–Kier alpha value is -3.20. The molecule has 2 aliphatic heterocycles. The highest BCUT2D eigenvalue weighted by atomic mass is 16.6. The van der Waals surface area contributed by atoms with Crippen molar-refractivity contribution >= 4 is 11.9 Å². The second-order valence-corrected chi connectivity index (χ2v) is 7.74. The van der Waals surface area contributed by atoms with Crippen molar-refractivity contribution in [3.63, 3.8) is 0 Å². The van der Waals surface area contributed by atoms with Gasteiger partial charge in [0.2, 0.25) is 0 Å². The van der Waals surface area contributed by atoms with Crippen LogP contribution in [0.2, 0.25) is 0 Å². The molecule has 2 atom stereocenters. The number of fused-ring (bicyclic) bond motifs is 2. The van der Waals surface area contributed by atoms with E-state index >= 15 is 0 Å². The Bertz CT molecular complexity index is 924. The minimum atomic E-state index is -0.293. The summed E-state index contributed by atoms with van der Waals surface area (Å²) in [5.74, 6) is -0.207. The fraction of sp³-hybridized carbons (Fsp3) is 0.391. The van der Waals surface area contributed by atoms with Crippen LogP contribution in [0.15, 0.2) is 48.5 Å². The number of hydrogen-bond donors (Lipinski definition) is 0.